The number of aromatic amines is 1. The number of carbonyl (C=O) groups excluding carboxylic acids is 2. The maximum absolute atomic E-state index is 12.7. The van der Waals surface area contributed by atoms with Gasteiger partial charge in [-0.2, -0.15) is 0 Å². The molecule has 0 spiro atoms. The second kappa shape index (κ2) is 8.13. The predicted molar refractivity (Wildman–Crippen MR) is 93.6 cm³/mol. The SMILES string of the molecule is CC(CF)C(=O)N(C)CCN(C)C(=O)c1cc(=O)[nH]c2c1CCCN2. The number of amides is 2. The van der Waals surface area contributed by atoms with Crippen LogP contribution >= 0.6 is 0 Å². The second-order valence-corrected chi connectivity index (χ2v) is 6.47. The molecule has 0 radical (unpaired) electrons. The van der Waals surface area contributed by atoms with E-state index in [4.69, 9.17) is 0 Å². The Morgan fingerprint density at radius 1 is 1.28 bits per heavy atom. The molecule has 0 aromatic carbocycles. The topological polar surface area (TPSA) is 85.5 Å². The third kappa shape index (κ3) is 4.37. The first-order valence-corrected chi connectivity index (χ1v) is 8.41. The summed E-state index contributed by atoms with van der Waals surface area (Å²) in [6, 6.07) is 1.32. The van der Waals surface area contributed by atoms with Crippen molar-refractivity contribution in [1.29, 1.82) is 0 Å². The lowest BCUT2D eigenvalue weighted by Crippen LogP contribution is -2.40. The Kier molecular flexibility index (Phi) is 6.17. The largest absolute Gasteiger partial charge is 0.371 e. The zero-order chi connectivity index (χ0) is 18.6. The Morgan fingerprint density at radius 3 is 2.64 bits per heavy atom. The lowest BCUT2D eigenvalue weighted by molar-refractivity contribution is -0.134. The zero-order valence-corrected chi connectivity index (χ0v) is 14.9. The zero-order valence-electron chi connectivity index (χ0n) is 14.9. The third-order valence-corrected chi connectivity index (χ3v) is 4.43. The number of halogens is 1. The molecular weight excluding hydrogens is 327 g/mol. The number of carbonyl (C=O) groups is 2. The minimum absolute atomic E-state index is 0.259. The number of pyridine rings is 1. The molecule has 1 aliphatic heterocycles. The fourth-order valence-corrected chi connectivity index (χ4v) is 2.83. The van der Waals surface area contributed by atoms with E-state index in [2.05, 4.69) is 10.3 Å². The smallest absolute Gasteiger partial charge is 0.254 e. The molecule has 0 saturated carbocycles. The number of likely N-dealkylation sites (N-methyl/N-ethyl adjacent to an activating group) is 2. The van der Waals surface area contributed by atoms with Crippen LogP contribution in [0.25, 0.3) is 0 Å². The van der Waals surface area contributed by atoms with Gasteiger partial charge >= 0.3 is 0 Å². The maximum Gasteiger partial charge on any atom is 0.254 e. The van der Waals surface area contributed by atoms with Gasteiger partial charge in [0.15, 0.2) is 0 Å². The first kappa shape index (κ1) is 19.0. The van der Waals surface area contributed by atoms with Crippen LogP contribution in [-0.4, -0.2) is 67.0 Å². The summed E-state index contributed by atoms with van der Waals surface area (Å²) in [6.45, 7) is 2.19. The van der Waals surface area contributed by atoms with Crippen LogP contribution in [0.2, 0.25) is 0 Å². The van der Waals surface area contributed by atoms with Crippen molar-refractivity contribution in [3.8, 4) is 0 Å². The van der Waals surface area contributed by atoms with Crippen LogP contribution in [0.4, 0.5) is 10.2 Å². The number of anilines is 1. The number of alkyl halides is 1. The van der Waals surface area contributed by atoms with Gasteiger partial charge in [0.25, 0.3) is 5.91 Å². The van der Waals surface area contributed by atoms with Gasteiger partial charge in [-0.25, -0.2) is 0 Å². The molecule has 25 heavy (non-hydrogen) atoms. The molecule has 2 amide bonds. The minimum Gasteiger partial charge on any atom is -0.371 e. The molecule has 2 N–H and O–H groups in total. The molecule has 0 bridgehead atoms. The maximum atomic E-state index is 12.7. The van der Waals surface area contributed by atoms with Crippen LogP contribution in [0.5, 0.6) is 0 Å². The highest BCUT2D eigenvalue weighted by Gasteiger charge is 2.23. The Bertz CT molecular complexity index is 704. The van der Waals surface area contributed by atoms with Crippen LogP contribution in [0.15, 0.2) is 10.9 Å². The number of H-pyrrole nitrogens is 1. The standard InChI is InChI=1S/C17H25FN4O3/c1-11(10-18)16(24)21(2)7-8-22(3)17(25)13-9-14(23)20-15-12(13)5-4-6-19-15/h9,11H,4-8,10H2,1-3H3,(H2,19,20,23). The lowest BCUT2D eigenvalue weighted by Gasteiger charge is -2.26. The van der Waals surface area contributed by atoms with Crippen LogP contribution in [0, 0.1) is 5.92 Å². The Hall–Kier alpha value is -2.38. The Labute approximate surface area is 146 Å². The van der Waals surface area contributed by atoms with E-state index in [1.54, 1.807) is 14.1 Å². The molecule has 1 aromatic rings. The van der Waals surface area contributed by atoms with Gasteiger partial charge in [-0.05, 0) is 12.8 Å². The normalized spacial score (nSPS) is 14.2. The van der Waals surface area contributed by atoms with Gasteiger partial charge in [-0.3, -0.25) is 18.8 Å². The fraction of sp³-hybridized carbons (Fsp3) is 0.588. The van der Waals surface area contributed by atoms with Gasteiger partial charge in [0, 0.05) is 45.4 Å². The van der Waals surface area contributed by atoms with Crippen LogP contribution in [-0.2, 0) is 11.2 Å². The molecular formula is C17H25FN4O3. The average molecular weight is 352 g/mol. The van der Waals surface area contributed by atoms with Crippen molar-refractivity contribution >= 4 is 17.6 Å². The van der Waals surface area contributed by atoms with E-state index in [9.17, 15) is 18.8 Å². The molecule has 1 aromatic heterocycles. The van der Waals surface area contributed by atoms with E-state index >= 15 is 0 Å². The third-order valence-electron chi connectivity index (χ3n) is 4.43. The number of hydrogen-bond acceptors (Lipinski definition) is 4. The van der Waals surface area contributed by atoms with Crippen LogP contribution in [0.3, 0.4) is 0 Å². The predicted octanol–water partition coefficient (Wildman–Crippen LogP) is 0.869. The summed E-state index contributed by atoms with van der Waals surface area (Å²) in [4.78, 5) is 42.0. The molecule has 1 unspecified atom stereocenters. The van der Waals surface area contributed by atoms with Gasteiger partial charge in [-0.1, -0.05) is 6.92 Å². The highest BCUT2D eigenvalue weighted by atomic mass is 19.1. The summed E-state index contributed by atoms with van der Waals surface area (Å²) < 4.78 is 12.6. The van der Waals surface area contributed by atoms with E-state index in [0.29, 0.717) is 24.5 Å². The van der Waals surface area contributed by atoms with Crippen molar-refractivity contribution in [2.45, 2.75) is 19.8 Å². The summed E-state index contributed by atoms with van der Waals surface area (Å²) in [5, 5.41) is 3.11. The van der Waals surface area contributed by atoms with Gasteiger partial charge in [0.1, 0.15) is 12.5 Å². The van der Waals surface area contributed by atoms with Crippen molar-refractivity contribution in [3.63, 3.8) is 0 Å². The van der Waals surface area contributed by atoms with E-state index in [1.165, 1.54) is 22.8 Å². The number of hydrogen-bond donors (Lipinski definition) is 2. The highest BCUT2D eigenvalue weighted by Crippen LogP contribution is 2.22. The van der Waals surface area contributed by atoms with Crippen molar-refractivity contribution in [2.24, 2.45) is 5.92 Å². The Balaban J connectivity index is 2.07. The molecule has 0 saturated heterocycles. The molecule has 2 rings (SSSR count). The molecule has 7 nitrogen and oxygen atoms in total. The summed E-state index contributed by atoms with van der Waals surface area (Å²) in [7, 11) is 3.22. The monoisotopic (exact) mass is 352 g/mol. The van der Waals surface area contributed by atoms with Crippen molar-refractivity contribution in [3.05, 3.63) is 27.5 Å². The molecule has 138 valence electrons. The minimum atomic E-state index is -0.704. The fourth-order valence-electron chi connectivity index (χ4n) is 2.83. The van der Waals surface area contributed by atoms with E-state index in [-0.39, 0.29) is 17.4 Å². The van der Waals surface area contributed by atoms with Crippen LogP contribution in [0.1, 0.15) is 29.3 Å². The summed E-state index contributed by atoms with van der Waals surface area (Å²) in [6.07, 6.45) is 1.61. The van der Waals surface area contributed by atoms with Gasteiger partial charge in [0.05, 0.1) is 11.5 Å². The Morgan fingerprint density at radius 2 is 1.96 bits per heavy atom. The van der Waals surface area contributed by atoms with Gasteiger partial charge in [-0.15, -0.1) is 0 Å². The summed E-state index contributed by atoms with van der Waals surface area (Å²) >= 11 is 0. The van der Waals surface area contributed by atoms with E-state index in [0.717, 1.165) is 24.9 Å². The number of rotatable bonds is 6. The number of aromatic nitrogens is 1. The molecule has 2 heterocycles. The van der Waals surface area contributed by atoms with Crippen LogP contribution < -0.4 is 10.9 Å². The summed E-state index contributed by atoms with van der Waals surface area (Å²) in [5.41, 5.74) is 0.881. The van der Waals surface area contributed by atoms with Crippen molar-refractivity contribution in [2.75, 3.05) is 45.7 Å². The first-order chi connectivity index (χ1) is 11.8. The molecule has 1 aliphatic rings. The van der Waals surface area contributed by atoms with Crippen molar-refractivity contribution < 1.29 is 14.0 Å². The number of nitrogens with zero attached hydrogens (tertiary/aromatic N) is 2. The lowest BCUT2D eigenvalue weighted by atomic mass is 10.0. The molecule has 0 aliphatic carbocycles. The van der Waals surface area contributed by atoms with Crippen molar-refractivity contribution in [1.82, 2.24) is 14.8 Å². The van der Waals surface area contributed by atoms with E-state index in [1.807, 2.05) is 0 Å². The molecule has 1 atom stereocenters. The highest BCUT2D eigenvalue weighted by molar-refractivity contribution is 5.96. The first-order valence-electron chi connectivity index (χ1n) is 8.41. The number of fused-ring (bicyclic) bond motifs is 1. The molecule has 0 fully saturated rings. The summed E-state index contributed by atoms with van der Waals surface area (Å²) in [5.74, 6) is -0.622. The number of nitrogens with one attached hydrogen (secondary N) is 2. The second-order valence-electron chi connectivity index (χ2n) is 6.47. The quantitative estimate of drug-likeness (QED) is 0.795. The molecule has 8 heteroatoms. The van der Waals surface area contributed by atoms with E-state index < -0.39 is 12.6 Å². The average Bonchev–Trinajstić information content (AvgIpc) is 2.62. The van der Waals surface area contributed by atoms with Gasteiger partial charge in [0.2, 0.25) is 11.5 Å². The van der Waals surface area contributed by atoms with Gasteiger partial charge < -0.3 is 20.1 Å².